The monoisotopic (exact) mass is 346 g/mol. The molecule has 0 bridgehead atoms. The molecule has 2 rings (SSSR count). The Morgan fingerprint density at radius 1 is 1.00 bits per heavy atom. The maximum Gasteiger partial charge on any atom is 0.170 e. The lowest BCUT2D eigenvalue weighted by Gasteiger charge is -2.06. The molecule has 0 atom stereocenters. The van der Waals surface area contributed by atoms with E-state index in [1.54, 1.807) is 0 Å². The summed E-state index contributed by atoms with van der Waals surface area (Å²) in [5.74, 6) is -4.84. The molecule has 2 aromatic carbocycles. The van der Waals surface area contributed by atoms with E-state index in [9.17, 15) is 22.4 Å². The molecule has 0 saturated carbocycles. The summed E-state index contributed by atoms with van der Waals surface area (Å²) in [7, 11) is 0. The van der Waals surface area contributed by atoms with E-state index in [2.05, 4.69) is 15.9 Å². The molecule has 0 amide bonds. The first kappa shape index (κ1) is 14.7. The van der Waals surface area contributed by atoms with Crippen LogP contribution in [0.5, 0.6) is 0 Å². The molecule has 0 N–H and O–H groups in total. The fourth-order valence-electron chi connectivity index (χ4n) is 1.69. The largest absolute Gasteiger partial charge is 0.294 e. The first-order chi connectivity index (χ1) is 9.40. The Kier molecular flexibility index (Phi) is 4.23. The highest BCUT2D eigenvalue weighted by molar-refractivity contribution is 9.10. The zero-order valence-corrected chi connectivity index (χ0v) is 11.5. The Morgan fingerprint density at radius 3 is 2.40 bits per heavy atom. The van der Waals surface area contributed by atoms with Gasteiger partial charge in [-0.1, -0.05) is 12.1 Å². The number of hydrogen-bond acceptors (Lipinski definition) is 1. The quantitative estimate of drug-likeness (QED) is 0.456. The minimum atomic E-state index is -1.17. The van der Waals surface area contributed by atoms with Crippen LogP contribution in [0.2, 0.25) is 0 Å². The minimum Gasteiger partial charge on any atom is -0.294 e. The number of Topliss-reactive ketones (excluding diaryl/α,β-unsaturated/α-hetero) is 1. The van der Waals surface area contributed by atoms with Crippen molar-refractivity contribution in [2.45, 2.75) is 6.42 Å². The van der Waals surface area contributed by atoms with Crippen molar-refractivity contribution >= 4 is 21.7 Å². The van der Waals surface area contributed by atoms with Gasteiger partial charge in [0.1, 0.15) is 11.6 Å². The Morgan fingerprint density at radius 2 is 1.70 bits per heavy atom. The van der Waals surface area contributed by atoms with Crippen molar-refractivity contribution in [1.82, 2.24) is 0 Å². The molecule has 0 fully saturated rings. The van der Waals surface area contributed by atoms with Gasteiger partial charge in [0.15, 0.2) is 17.4 Å². The van der Waals surface area contributed by atoms with Gasteiger partial charge in [-0.05, 0) is 39.7 Å². The molecule has 2 aromatic rings. The molecule has 6 heteroatoms. The average molecular weight is 347 g/mol. The van der Waals surface area contributed by atoms with Crippen LogP contribution in [-0.4, -0.2) is 5.78 Å². The molecule has 0 aliphatic heterocycles. The van der Waals surface area contributed by atoms with Gasteiger partial charge in [-0.15, -0.1) is 0 Å². The Hall–Kier alpha value is -1.69. The SMILES string of the molecule is O=C(Cc1cccc(F)c1F)c1cc(F)c(Br)cc1F. The molecule has 0 radical (unpaired) electrons. The van der Waals surface area contributed by atoms with Crippen LogP contribution < -0.4 is 0 Å². The van der Waals surface area contributed by atoms with Crippen molar-refractivity contribution in [3.05, 3.63) is 69.2 Å². The van der Waals surface area contributed by atoms with Crippen molar-refractivity contribution in [3.8, 4) is 0 Å². The van der Waals surface area contributed by atoms with Gasteiger partial charge in [0.2, 0.25) is 0 Å². The number of carbonyl (C=O) groups excluding carboxylic acids is 1. The van der Waals surface area contributed by atoms with Gasteiger partial charge in [0.25, 0.3) is 0 Å². The predicted octanol–water partition coefficient (Wildman–Crippen LogP) is 4.43. The van der Waals surface area contributed by atoms with Crippen LogP contribution >= 0.6 is 15.9 Å². The number of ketones is 1. The minimum absolute atomic E-state index is 0.122. The first-order valence-corrected chi connectivity index (χ1v) is 6.30. The topological polar surface area (TPSA) is 17.1 Å². The van der Waals surface area contributed by atoms with E-state index in [0.29, 0.717) is 0 Å². The zero-order valence-electron chi connectivity index (χ0n) is 9.89. The second-order valence-electron chi connectivity index (χ2n) is 4.06. The summed E-state index contributed by atoms with van der Waals surface area (Å²) in [5.41, 5.74) is -0.716. The molecule has 20 heavy (non-hydrogen) atoms. The summed E-state index contributed by atoms with van der Waals surface area (Å²) in [5, 5.41) is 0. The number of carbonyl (C=O) groups is 1. The van der Waals surface area contributed by atoms with Crippen LogP contribution in [0.3, 0.4) is 0 Å². The lowest BCUT2D eigenvalue weighted by atomic mass is 10.0. The van der Waals surface area contributed by atoms with E-state index in [-0.39, 0.29) is 10.0 Å². The van der Waals surface area contributed by atoms with Gasteiger partial charge in [0, 0.05) is 6.42 Å². The number of benzene rings is 2. The van der Waals surface area contributed by atoms with E-state index < -0.39 is 41.0 Å². The van der Waals surface area contributed by atoms with Crippen molar-refractivity contribution in [2.75, 3.05) is 0 Å². The van der Waals surface area contributed by atoms with Crippen LogP contribution in [0.25, 0.3) is 0 Å². The average Bonchev–Trinajstić information content (AvgIpc) is 2.39. The molecular formula is C14H7BrF4O. The molecule has 0 saturated heterocycles. The van der Waals surface area contributed by atoms with Crippen molar-refractivity contribution in [2.24, 2.45) is 0 Å². The van der Waals surface area contributed by atoms with Crippen molar-refractivity contribution in [3.63, 3.8) is 0 Å². The van der Waals surface area contributed by atoms with Crippen molar-refractivity contribution in [1.29, 1.82) is 0 Å². The zero-order chi connectivity index (χ0) is 14.9. The van der Waals surface area contributed by atoms with Gasteiger partial charge in [0.05, 0.1) is 10.0 Å². The standard InChI is InChI=1S/C14H7BrF4O/c15-9-6-11(17)8(5-12(9)18)13(20)4-7-2-1-3-10(16)14(7)19/h1-3,5-6H,4H2. The highest BCUT2D eigenvalue weighted by Crippen LogP contribution is 2.22. The Labute approximate surface area is 120 Å². The molecule has 0 heterocycles. The second kappa shape index (κ2) is 5.75. The summed E-state index contributed by atoms with van der Waals surface area (Å²) < 4.78 is 53.2. The fraction of sp³-hybridized carbons (Fsp3) is 0.0714. The number of hydrogen-bond donors (Lipinski definition) is 0. The van der Waals surface area contributed by atoms with E-state index in [0.717, 1.165) is 18.2 Å². The van der Waals surface area contributed by atoms with Gasteiger partial charge >= 0.3 is 0 Å². The van der Waals surface area contributed by atoms with Gasteiger partial charge < -0.3 is 0 Å². The summed E-state index contributed by atoms with van der Waals surface area (Å²) in [4.78, 5) is 11.9. The van der Waals surface area contributed by atoms with Crippen LogP contribution in [0.1, 0.15) is 15.9 Å². The Bertz CT molecular complexity index is 685. The highest BCUT2D eigenvalue weighted by Gasteiger charge is 2.18. The normalized spacial score (nSPS) is 10.7. The molecule has 0 aliphatic carbocycles. The molecule has 0 unspecified atom stereocenters. The third kappa shape index (κ3) is 2.90. The van der Waals surface area contributed by atoms with E-state index in [1.165, 1.54) is 12.1 Å². The van der Waals surface area contributed by atoms with E-state index in [4.69, 9.17) is 0 Å². The summed E-state index contributed by atoms with van der Waals surface area (Å²) >= 11 is 2.78. The van der Waals surface area contributed by atoms with Crippen LogP contribution in [-0.2, 0) is 6.42 Å². The van der Waals surface area contributed by atoms with Crippen LogP contribution in [0, 0.1) is 23.3 Å². The van der Waals surface area contributed by atoms with Gasteiger partial charge in [-0.2, -0.15) is 0 Å². The molecule has 104 valence electrons. The van der Waals surface area contributed by atoms with E-state index in [1.807, 2.05) is 0 Å². The summed E-state index contributed by atoms with van der Waals surface area (Å²) in [6, 6.07) is 4.88. The fourth-order valence-corrected chi connectivity index (χ4v) is 2.00. The summed E-state index contributed by atoms with van der Waals surface area (Å²) in [6.07, 6.45) is -0.554. The van der Waals surface area contributed by atoms with E-state index >= 15 is 0 Å². The molecule has 0 aromatic heterocycles. The second-order valence-corrected chi connectivity index (χ2v) is 4.91. The van der Waals surface area contributed by atoms with Gasteiger partial charge in [-0.25, -0.2) is 17.6 Å². The molecular weight excluding hydrogens is 340 g/mol. The predicted molar refractivity (Wildman–Crippen MR) is 68.5 cm³/mol. The Balaban J connectivity index is 2.33. The summed E-state index contributed by atoms with van der Waals surface area (Å²) in [6.45, 7) is 0. The lowest BCUT2D eigenvalue weighted by Crippen LogP contribution is -2.09. The van der Waals surface area contributed by atoms with Crippen molar-refractivity contribution < 1.29 is 22.4 Å². The van der Waals surface area contributed by atoms with Crippen LogP contribution in [0.15, 0.2) is 34.8 Å². The van der Waals surface area contributed by atoms with Gasteiger partial charge in [-0.3, -0.25) is 4.79 Å². The molecule has 1 nitrogen and oxygen atoms in total. The third-order valence-electron chi connectivity index (χ3n) is 2.69. The maximum atomic E-state index is 13.6. The third-order valence-corrected chi connectivity index (χ3v) is 3.30. The number of rotatable bonds is 3. The smallest absolute Gasteiger partial charge is 0.170 e. The maximum absolute atomic E-state index is 13.6. The molecule has 0 aliphatic rings. The number of halogens is 5. The first-order valence-electron chi connectivity index (χ1n) is 5.50. The highest BCUT2D eigenvalue weighted by atomic mass is 79.9. The lowest BCUT2D eigenvalue weighted by molar-refractivity contribution is 0.0987. The molecule has 0 spiro atoms. The van der Waals surface area contributed by atoms with Crippen LogP contribution in [0.4, 0.5) is 17.6 Å².